The molecule has 1 heterocycles. The van der Waals surface area contributed by atoms with Crippen molar-refractivity contribution in [3.63, 3.8) is 0 Å². The van der Waals surface area contributed by atoms with E-state index in [0.29, 0.717) is 5.95 Å². The van der Waals surface area contributed by atoms with E-state index in [1.807, 2.05) is 0 Å². The molecule has 9 heavy (non-hydrogen) atoms. The van der Waals surface area contributed by atoms with E-state index < -0.39 is 0 Å². The van der Waals surface area contributed by atoms with Crippen molar-refractivity contribution in [2.75, 3.05) is 0 Å². The van der Waals surface area contributed by atoms with Crippen LogP contribution in [0, 0.1) is 0 Å². The van der Waals surface area contributed by atoms with Gasteiger partial charge in [0.2, 0.25) is 5.95 Å². The summed E-state index contributed by atoms with van der Waals surface area (Å²) in [6.07, 6.45) is 3.23. The Bertz CT molecular complexity index is 187. The summed E-state index contributed by atoms with van der Waals surface area (Å²) in [7, 11) is 0. The van der Waals surface area contributed by atoms with Crippen LogP contribution in [0.2, 0.25) is 0 Å². The van der Waals surface area contributed by atoms with Crippen LogP contribution >= 0.6 is 12.2 Å². The summed E-state index contributed by atoms with van der Waals surface area (Å²) in [5, 5.41) is 3.67. The molecule has 0 aromatic carbocycles. The molecule has 0 unspecified atom stereocenters. The van der Waals surface area contributed by atoms with Crippen LogP contribution in [0.4, 0.5) is 5.95 Å². The van der Waals surface area contributed by atoms with Gasteiger partial charge in [0.15, 0.2) is 0 Å². The number of thiocarbonyl (C=S) groups is 1. The third-order valence-corrected chi connectivity index (χ3v) is 0.826. The van der Waals surface area contributed by atoms with Crippen LogP contribution in [-0.4, -0.2) is 15.5 Å². The molecule has 0 aliphatic heterocycles. The van der Waals surface area contributed by atoms with Gasteiger partial charge in [-0.15, -0.1) is 0 Å². The van der Waals surface area contributed by atoms with Gasteiger partial charge in [0, 0.05) is 12.4 Å². The third kappa shape index (κ3) is 1.73. The molecule has 0 fully saturated rings. The summed E-state index contributed by atoms with van der Waals surface area (Å²) in [4.78, 5) is 7.59. The van der Waals surface area contributed by atoms with Gasteiger partial charge >= 0.3 is 0 Å². The molecular weight excluding hydrogens is 134 g/mol. The fourth-order valence-corrected chi connectivity index (χ4v) is 0.499. The van der Waals surface area contributed by atoms with Crippen molar-refractivity contribution in [1.29, 1.82) is 0 Å². The first-order chi connectivity index (χ1) is 4.43. The van der Waals surface area contributed by atoms with Crippen molar-refractivity contribution < 1.29 is 0 Å². The lowest BCUT2D eigenvalue weighted by Crippen LogP contribution is -1.95. The van der Waals surface area contributed by atoms with Crippen molar-refractivity contribution in [2.24, 2.45) is 0 Å². The van der Waals surface area contributed by atoms with Crippen molar-refractivity contribution >= 4 is 23.7 Å². The molecule has 0 aliphatic carbocycles. The van der Waals surface area contributed by atoms with Gasteiger partial charge in [-0.25, -0.2) is 15.3 Å². The van der Waals surface area contributed by atoms with Crippen LogP contribution in [-0.2, 0) is 0 Å². The van der Waals surface area contributed by atoms with Gasteiger partial charge in [-0.1, -0.05) is 12.2 Å². The minimum absolute atomic E-state index is 0.410. The summed E-state index contributed by atoms with van der Waals surface area (Å²) >= 11 is 4.46. The molecule has 0 amide bonds. The molecule has 1 aromatic rings. The summed E-state index contributed by atoms with van der Waals surface area (Å²) in [6.45, 7) is 0. The molecule has 0 N–H and O–H groups in total. The Morgan fingerprint density at radius 3 is 2.67 bits per heavy atom. The molecule has 1 rings (SSSR count). The minimum Gasteiger partial charge on any atom is -0.220 e. The molecule has 45 valence electrons. The Morgan fingerprint density at radius 1 is 1.44 bits per heavy atom. The first-order valence-corrected chi connectivity index (χ1v) is 2.82. The lowest BCUT2D eigenvalue weighted by molar-refractivity contribution is 1.06. The summed E-state index contributed by atoms with van der Waals surface area (Å²) < 4.78 is 0. The molecule has 1 radical (unpaired) electrons. The normalized spacial score (nSPS) is 8.44. The zero-order valence-electron chi connectivity index (χ0n) is 4.56. The highest BCUT2D eigenvalue weighted by Gasteiger charge is 1.86. The number of hydrogen-bond donors (Lipinski definition) is 0. The first-order valence-electron chi connectivity index (χ1n) is 2.35. The van der Waals surface area contributed by atoms with Crippen LogP contribution in [0.15, 0.2) is 18.5 Å². The highest BCUT2D eigenvalue weighted by molar-refractivity contribution is 7.78. The quantitative estimate of drug-likeness (QED) is 0.564. The van der Waals surface area contributed by atoms with E-state index in [1.54, 1.807) is 18.5 Å². The SMILES string of the molecule is S=C[N]c1ncccn1. The fraction of sp³-hybridized carbons (Fsp3) is 0. The predicted octanol–water partition coefficient (Wildman–Crippen LogP) is 0.670. The molecule has 3 nitrogen and oxygen atoms in total. The van der Waals surface area contributed by atoms with Crippen molar-refractivity contribution in [3.05, 3.63) is 18.5 Å². The summed E-state index contributed by atoms with van der Waals surface area (Å²) in [6, 6.07) is 1.72. The topological polar surface area (TPSA) is 39.9 Å². The smallest absolute Gasteiger partial charge is 0.220 e. The van der Waals surface area contributed by atoms with Gasteiger partial charge in [0.1, 0.15) is 0 Å². The van der Waals surface area contributed by atoms with Crippen LogP contribution in [0.5, 0.6) is 0 Å². The average Bonchev–Trinajstić information content (AvgIpc) is 1.91. The van der Waals surface area contributed by atoms with Crippen LogP contribution in [0.25, 0.3) is 0 Å². The largest absolute Gasteiger partial charge is 0.250 e. The summed E-state index contributed by atoms with van der Waals surface area (Å²) in [5.74, 6) is 0.410. The van der Waals surface area contributed by atoms with Crippen molar-refractivity contribution in [2.45, 2.75) is 0 Å². The van der Waals surface area contributed by atoms with Gasteiger partial charge in [-0.3, -0.25) is 0 Å². The molecule has 0 spiro atoms. The highest BCUT2D eigenvalue weighted by atomic mass is 32.1. The van der Waals surface area contributed by atoms with E-state index in [-0.39, 0.29) is 0 Å². The highest BCUT2D eigenvalue weighted by Crippen LogP contribution is 1.90. The lowest BCUT2D eigenvalue weighted by Gasteiger charge is -1.88. The van der Waals surface area contributed by atoms with E-state index in [2.05, 4.69) is 27.5 Å². The maximum absolute atomic E-state index is 4.46. The van der Waals surface area contributed by atoms with Crippen LogP contribution in [0.3, 0.4) is 0 Å². The Hall–Kier alpha value is -1.03. The van der Waals surface area contributed by atoms with Crippen molar-refractivity contribution in [3.8, 4) is 0 Å². The third-order valence-electron chi connectivity index (χ3n) is 0.720. The van der Waals surface area contributed by atoms with Gasteiger partial charge < -0.3 is 0 Å². The average molecular weight is 138 g/mol. The summed E-state index contributed by atoms with van der Waals surface area (Å²) in [5.41, 5.74) is 1.25. The van der Waals surface area contributed by atoms with E-state index in [4.69, 9.17) is 0 Å². The van der Waals surface area contributed by atoms with Gasteiger partial charge in [0.05, 0.1) is 5.49 Å². The number of hydrogen-bond acceptors (Lipinski definition) is 3. The Balaban J connectivity index is 2.72. The van der Waals surface area contributed by atoms with Crippen molar-refractivity contribution in [1.82, 2.24) is 15.3 Å². The second-order valence-electron chi connectivity index (χ2n) is 1.28. The van der Waals surface area contributed by atoms with Gasteiger partial charge in [0.25, 0.3) is 0 Å². The zero-order valence-corrected chi connectivity index (χ0v) is 5.38. The number of aromatic nitrogens is 2. The van der Waals surface area contributed by atoms with E-state index >= 15 is 0 Å². The molecule has 1 aromatic heterocycles. The molecule has 0 atom stereocenters. The monoisotopic (exact) mass is 138 g/mol. The van der Waals surface area contributed by atoms with Gasteiger partial charge in [-0.2, -0.15) is 0 Å². The Morgan fingerprint density at radius 2 is 2.11 bits per heavy atom. The van der Waals surface area contributed by atoms with E-state index in [9.17, 15) is 0 Å². The number of nitrogens with zero attached hydrogens (tertiary/aromatic N) is 3. The predicted molar refractivity (Wildman–Crippen MR) is 37.5 cm³/mol. The lowest BCUT2D eigenvalue weighted by atomic mass is 10.7. The molecular formula is C5H4N3S. The second kappa shape index (κ2) is 3.09. The number of rotatable bonds is 2. The van der Waals surface area contributed by atoms with E-state index in [0.717, 1.165) is 0 Å². The Kier molecular flexibility index (Phi) is 2.09. The molecule has 0 saturated heterocycles. The minimum atomic E-state index is 0.410. The molecule has 4 heteroatoms. The first kappa shape index (κ1) is 6.10. The molecule has 0 saturated carbocycles. The maximum Gasteiger partial charge on any atom is 0.250 e. The Labute approximate surface area is 58.1 Å². The fourth-order valence-electron chi connectivity index (χ4n) is 0.405. The van der Waals surface area contributed by atoms with Crippen LogP contribution in [0.1, 0.15) is 0 Å². The van der Waals surface area contributed by atoms with Crippen LogP contribution < -0.4 is 5.32 Å². The zero-order chi connectivity index (χ0) is 6.53. The van der Waals surface area contributed by atoms with Gasteiger partial charge in [-0.05, 0) is 6.07 Å². The molecule has 0 aliphatic rings. The second-order valence-corrected chi connectivity index (χ2v) is 1.49. The maximum atomic E-state index is 4.46. The standard InChI is InChI=1S/C5H4N3S/c9-4-8-5-6-2-1-3-7-5/h1-4H. The molecule has 0 bridgehead atoms. The van der Waals surface area contributed by atoms with E-state index in [1.165, 1.54) is 5.49 Å².